The Kier molecular flexibility index (Phi) is 5.50. The number of carboxylic acid groups (broad SMARTS) is 1. The number of aromatic nitrogens is 1. The normalized spacial score (nSPS) is 19.6. The lowest BCUT2D eigenvalue weighted by Gasteiger charge is -2.42. The minimum atomic E-state index is -0.814. The van der Waals surface area contributed by atoms with Crippen LogP contribution < -0.4 is 5.32 Å². The molecule has 1 aliphatic rings. The Bertz CT molecular complexity index is 722. The van der Waals surface area contributed by atoms with E-state index in [4.69, 9.17) is 9.52 Å². The molecule has 7 nitrogen and oxygen atoms in total. The average Bonchev–Trinajstić information content (AvgIpc) is 3.19. The minimum absolute atomic E-state index is 0.0474. The standard InChI is InChI=1S/C17H21N3O4S/c1-2-20(8-16(22)23)14-5-12(6-14)18-15(21)7-13-10-25-17(19-13)11-3-4-24-9-11/h3-4,9-10,12,14H,2,5-8H2,1H3,(H,18,21)(H,22,23). The molecule has 0 saturated heterocycles. The molecule has 25 heavy (non-hydrogen) atoms. The van der Waals surface area contributed by atoms with Crippen LogP contribution in [0.3, 0.4) is 0 Å². The van der Waals surface area contributed by atoms with Crippen molar-refractivity contribution in [2.45, 2.75) is 38.3 Å². The molecule has 0 unspecified atom stereocenters. The van der Waals surface area contributed by atoms with Gasteiger partial charge in [-0.15, -0.1) is 11.3 Å². The van der Waals surface area contributed by atoms with E-state index < -0.39 is 5.97 Å². The largest absolute Gasteiger partial charge is 0.480 e. The van der Waals surface area contributed by atoms with Gasteiger partial charge in [-0.3, -0.25) is 14.5 Å². The number of carboxylic acids is 1. The first kappa shape index (κ1) is 17.6. The number of aliphatic carboxylic acids is 1. The Morgan fingerprint density at radius 3 is 2.92 bits per heavy atom. The molecule has 2 aromatic rings. The first-order valence-electron chi connectivity index (χ1n) is 8.27. The fourth-order valence-corrected chi connectivity index (χ4v) is 3.83. The predicted molar refractivity (Wildman–Crippen MR) is 93.4 cm³/mol. The molecule has 1 aliphatic carbocycles. The van der Waals surface area contributed by atoms with E-state index in [9.17, 15) is 9.59 Å². The van der Waals surface area contributed by atoms with Crippen LogP contribution in [-0.4, -0.2) is 52.0 Å². The summed E-state index contributed by atoms with van der Waals surface area (Å²) < 4.78 is 5.04. The number of carbonyl (C=O) groups excluding carboxylic acids is 1. The summed E-state index contributed by atoms with van der Waals surface area (Å²) in [7, 11) is 0. The second-order valence-corrected chi connectivity index (χ2v) is 7.04. The zero-order valence-corrected chi connectivity index (χ0v) is 14.8. The summed E-state index contributed by atoms with van der Waals surface area (Å²) >= 11 is 1.49. The highest BCUT2D eigenvalue weighted by atomic mass is 32.1. The molecule has 8 heteroatoms. The van der Waals surface area contributed by atoms with Gasteiger partial charge in [-0.25, -0.2) is 4.98 Å². The van der Waals surface area contributed by atoms with E-state index in [0.29, 0.717) is 6.54 Å². The summed E-state index contributed by atoms with van der Waals surface area (Å²) in [6, 6.07) is 2.19. The topological polar surface area (TPSA) is 95.7 Å². The second kappa shape index (κ2) is 7.79. The van der Waals surface area contributed by atoms with E-state index in [-0.39, 0.29) is 31.0 Å². The van der Waals surface area contributed by atoms with Gasteiger partial charge >= 0.3 is 5.97 Å². The van der Waals surface area contributed by atoms with E-state index in [1.807, 2.05) is 23.3 Å². The zero-order valence-electron chi connectivity index (χ0n) is 14.0. The number of amides is 1. The van der Waals surface area contributed by atoms with Gasteiger partial charge in [0.05, 0.1) is 24.9 Å². The monoisotopic (exact) mass is 363 g/mol. The van der Waals surface area contributed by atoms with Crippen molar-refractivity contribution in [3.8, 4) is 10.6 Å². The third kappa shape index (κ3) is 4.46. The van der Waals surface area contributed by atoms with Gasteiger partial charge in [0.25, 0.3) is 0 Å². The van der Waals surface area contributed by atoms with Crippen molar-refractivity contribution < 1.29 is 19.1 Å². The maximum atomic E-state index is 12.2. The van der Waals surface area contributed by atoms with E-state index in [1.165, 1.54) is 11.3 Å². The van der Waals surface area contributed by atoms with Gasteiger partial charge in [0.1, 0.15) is 11.3 Å². The Morgan fingerprint density at radius 1 is 1.48 bits per heavy atom. The number of hydrogen-bond acceptors (Lipinski definition) is 6. The second-order valence-electron chi connectivity index (χ2n) is 6.18. The Hall–Kier alpha value is -2.19. The molecule has 0 radical (unpaired) electrons. The van der Waals surface area contributed by atoms with Gasteiger partial charge < -0.3 is 14.8 Å². The molecule has 3 rings (SSSR count). The van der Waals surface area contributed by atoms with Gasteiger partial charge in [0.15, 0.2) is 0 Å². The maximum Gasteiger partial charge on any atom is 0.317 e. The van der Waals surface area contributed by atoms with Crippen molar-refractivity contribution in [1.29, 1.82) is 0 Å². The smallest absolute Gasteiger partial charge is 0.317 e. The number of hydrogen-bond donors (Lipinski definition) is 2. The SMILES string of the molecule is CCN(CC(=O)O)C1CC(NC(=O)Cc2csc(-c3ccoc3)n2)C1. The number of carbonyl (C=O) groups is 2. The van der Waals surface area contributed by atoms with Crippen LogP contribution in [0.1, 0.15) is 25.5 Å². The van der Waals surface area contributed by atoms with Crippen LogP contribution in [0.5, 0.6) is 0 Å². The number of rotatable bonds is 8. The summed E-state index contributed by atoms with van der Waals surface area (Å²) in [4.78, 5) is 29.4. The van der Waals surface area contributed by atoms with Crippen molar-refractivity contribution >= 4 is 23.2 Å². The number of likely N-dealkylation sites (N-methyl/N-ethyl adjacent to an activating group) is 1. The third-order valence-electron chi connectivity index (χ3n) is 4.40. The van der Waals surface area contributed by atoms with E-state index in [0.717, 1.165) is 29.1 Å². The van der Waals surface area contributed by atoms with Gasteiger partial charge in [-0.2, -0.15) is 0 Å². The summed E-state index contributed by atoms with van der Waals surface area (Å²) in [5.74, 6) is -0.861. The molecule has 1 amide bonds. The van der Waals surface area contributed by atoms with Crippen molar-refractivity contribution in [1.82, 2.24) is 15.2 Å². The van der Waals surface area contributed by atoms with Crippen LogP contribution in [0.15, 0.2) is 28.4 Å². The third-order valence-corrected chi connectivity index (χ3v) is 5.34. The van der Waals surface area contributed by atoms with E-state index in [2.05, 4.69) is 10.3 Å². The summed E-state index contributed by atoms with van der Waals surface area (Å²) in [6.45, 7) is 2.71. The van der Waals surface area contributed by atoms with Crippen LogP contribution in [0.4, 0.5) is 0 Å². The van der Waals surface area contributed by atoms with Crippen molar-refractivity contribution in [2.24, 2.45) is 0 Å². The number of thiazole rings is 1. The van der Waals surface area contributed by atoms with Crippen LogP contribution >= 0.6 is 11.3 Å². The van der Waals surface area contributed by atoms with E-state index in [1.54, 1.807) is 12.5 Å². The lowest BCUT2D eigenvalue weighted by molar-refractivity contribution is -0.139. The highest BCUT2D eigenvalue weighted by Crippen LogP contribution is 2.26. The lowest BCUT2D eigenvalue weighted by atomic mass is 9.85. The Balaban J connectivity index is 1.44. The van der Waals surface area contributed by atoms with Crippen molar-refractivity contribution in [3.63, 3.8) is 0 Å². The molecule has 2 aromatic heterocycles. The molecule has 0 bridgehead atoms. The molecular formula is C17H21N3O4S. The summed E-state index contributed by atoms with van der Waals surface area (Å²) in [6.07, 6.45) is 5.07. The van der Waals surface area contributed by atoms with Crippen molar-refractivity contribution in [3.05, 3.63) is 29.7 Å². The van der Waals surface area contributed by atoms with Gasteiger partial charge in [-0.1, -0.05) is 6.92 Å². The molecule has 2 heterocycles. The quantitative estimate of drug-likeness (QED) is 0.745. The molecule has 1 saturated carbocycles. The first-order valence-corrected chi connectivity index (χ1v) is 9.15. The van der Waals surface area contributed by atoms with Crippen LogP contribution in [0.2, 0.25) is 0 Å². The molecule has 0 aliphatic heterocycles. The van der Waals surface area contributed by atoms with Crippen LogP contribution in [0, 0.1) is 0 Å². The molecule has 2 N–H and O–H groups in total. The van der Waals surface area contributed by atoms with Gasteiger partial charge in [0, 0.05) is 23.0 Å². The van der Waals surface area contributed by atoms with E-state index >= 15 is 0 Å². The lowest BCUT2D eigenvalue weighted by Crippen LogP contribution is -2.55. The number of nitrogens with zero attached hydrogens (tertiary/aromatic N) is 2. The predicted octanol–water partition coefficient (Wildman–Crippen LogP) is 2.00. The summed E-state index contributed by atoms with van der Waals surface area (Å²) in [5.41, 5.74) is 1.66. The number of nitrogens with one attached hydrogen (secondary N) is 1. The highest BCUT2D eigenvalue weighted by Gasteiger charge is 2.34. The average molecular weight is 363 g/mol. The number of furan rings is 1. The maximum absolute atomic E-state index is 12.2. The Morgan fingerprint density at radius 2 is 2.28 bits per heavy atom. The van der Waals surface area contributed by atoms with Crippen LogP contribution in [0.25, 0.3) is 10.6 Å². The molecule has 1 fully saturated rings. The molecular weight excluding hydrogens is 342 g/mol. The minimum Gasteiger partial charge on any atom is -0.480 e. The van der Waals surface area contributed by atoms with Crippen LogP contribution in [-0.2, 0) is 16.0 Å². The van der Waals surface area contributed by atoms with Gasteiger partial charge in [0.2, 0.25) is 5.91 Å². The highest BCUT2D eigenvalue weighted by molar-refractivity contribution is 7.13. The first-order chi connectivity index (χ1) is 12.0. The van der Waals surface area contributed by atoms with Crippen molar-refractivity contribution in [2.75, 3.05) is 13.1 Å². The molecule has 134 valence electrons. The molecule has 0 spiro atoms. The Labute approximate surface area is 149 Å². The molecule has 0 atom stereocenters. The fourth-order valence-electron chi connectivity index (χ4n) is 3.03. The summed E-state index contributed by atoms with van der Waals surface area (Å²) in [5, 5.41) is 14.6. The zero-order chi connectivity index (χ0) is 17.8. The molecule has 0 aromatic carbocycles. The van der Waals surface area contributed by atoms with Gasteiger partial charge in [-0.05, 0) is 25.5 Å². The fraction of sp³-hybridized carbons (Fsp3) is 0.471.